The van der Waals surface area contributed by atoms with Crippen molar-refractivity contribution < 1.29 is 8.85 Å². The van der Waals surface area contributed by atoms with Crippen LogP contribution in [-0.2, 0) is 0 Å². The number of aromatic nitrogens is 1. The highest BCUT2D eigenvalue weighted by Crippen LogP contribution is 2.29. The fraction of sp³-hybridized carbons (Fsp3) is 0. The third kappa shape index (κ3) is 2.06. The topological polar surface area (TPSA) is 31.4 Å². The molecule has 72 valence electrons. The summed E-state index contributed by atoms with van der Waals surface area (Å²) in [6.07, 6.45) is 0. The minimum atomic E-state index is 0.436. The van der Waals surface area contributed by atoms with Crippen LogP contribution >= 0.6 is 15.9 Å². The van der Waals surface area contributed by atoms with Crippen molar-refractivity contribution in [1.82, 2.24) is 4.98 Å². The van der Waals surface area contributed by atoms with E-state index in [1.165, 1.54) is 0 Å². The van der Waals surface area contributed by atoms with E-state index in [0.29, 0.717) is 11.8 Å². The summed E-state index contributed by atoms with van der Waals surface area (Å²) in [4.78, 5) is 4.11. The third-order valence-electron chi connectivity index (χ3n) is 1.94. The van der Waals surface area contributed by atoms with Crippen molar-refractivity contribution in [1.29, 1.82) is 0 Å². The lowest BCUT2D eigenvalue weighted by molar-refractivity contribution is 0.548. The molecule has 0 saturated heterocycles. The van der Waals surface area contributed by atoms with Crippen LogP contribution in [0.15, 0.2) is 28.7 Å². The standard InChI is InChI=1S/C9H4BrNO2Si2/c10-6-1-2-7-5(3-6)4-8(12-14)11-9(7)13-15/h1-4H. The lowest BCUT2D eigenvalue weighted by Gasteiger charge is -2.07. The number of benzene rings is 1. The molecule has 2 aromatic rings. The fourth-order valence-electron chi connectivity index (χ4n) is 1.30. The Morgan fingerprint density at radius 3 is 2.60 bits per heavy atom. The number of pyridine rings is 1. The first-order valence-electron chi connectivity index (χ1n) is 4.02. The van der Waals surface area contributed by atoms with Gasteiger partial charge in [-0.25, -0.2) is 0 Å². The maximum atomic E-state index is 4.99. The Labute approximate surface area is 102 Å². The Morgan fingerprint density at radius 2 is 1.93 bits per heavy atom. The molecule has 3 nitrogen and oxygen atoms in total. The predicted octanol–water partition coefficient (Wildman–Crippen LogP) is 1.92. The molecule has 0 unspecified atom stereocenters. The van der Waals surface area contributed by atoms with E-state index in [2.05, 4.69) is 41.9 Å². The molecular formula is C9H4BrNO2Si2. The van der Waals surface area contributed by atoms with Crippen LogP contribution in [0.4, 0.5) is 0 Å². The van der Waals surface area contributed by atoms with E-state index >= 15 is 0 Å². The van der Waals surface area contributed by atoms with Crippen LogP contribution in [0, 0.1) is 0 Å². The molecule has 0 amide bonds. The molecule has 0 aliphatic rings. The average Bonchev–Trinajstić information content (AvgIpc) is 2.26. The lowest BCUT2D eigenvalue weighted by atomic mass is 10.2. The van der Waals surface area contributed by atoms with E-state index < -0.39 is 0 Å². The highest BCUT2D eigenvalue weighted by Gasteiger charge is 2.06. The van der Waals surface area contributed by atoms with E-state index in [4.69, 9.17) is 8.85 Å². The molecule has 1 heterocycles. The molecule has 2 rings (SSSR count). The van der Waals surface area contributed by atoms with Crippen LogP contribution < -0.4 is 8.85 Å². The third-order valence-corrected chi connectivity index (χ3v) is 2.83. The fourth-order valence-corrected chi connectivity index (χ4v) is 1.94. The summed E-state index contributed by atoms with van der Waals surface area (Å²) in [6, 6.07) is 7.61. The summed E-state index contributed by atoms with van der Waals surface area (Å²) < 4.78 is 10.9. The Balaban J connectivity index is 2.74. The quantitative estimate of drug-likeness (QED) is 0.793. The molecule has 0 fully saturated rings. The number of rotatable bonds is 2. The van der Waals surface area contributed by atoms with Crippen LogP contribution in [0.5, 0.6) is 11.8 Å². The number of halogens is 1. The predicted molar refractivity (Wildman–Crippen MR) is 62.2 cm³/mol. The molecule has 1 aromatic heterocycles. The SMILES string of the molecule is [Si]Oc1cc2cc(Br)ccc2c(O[Si])n1. The van der Waals surface area contributed by atoms with Gasteiger partial charge < -0.3 is 8.85 Å². The molecule has 0 atom stereocenters. The minimum Gasteiger partial charge on any atom is -0.527 e. The smallest absolute Gasteiger partial charge is 0.343 e. The molecule has 0 spiro atoms. The molecule has 0 N–H and O–H groups in total. The summed E-state index contributed by atoms with van der Waals surface area (Å²) in [5.74, 6) is 0.899. The maximum Gasteiger partial charge on any atom is 0.343 e. The molecule has 1 aromatic carbocycles. The zero-order valence-corrected chi connectivity index (χ0v) is 11.0. The summed E-state index contributed by atoms with van der Waals surface area (Å²) in [5.41, 5.74) is 0. The lowest BCUT2D eigenvalue weighted by Crippen LogP contribution is -1.95. The van der Waals surface area contributed by atoms with E-state index in [1.54, 1.807) is 0 Å². The van der Waals surface area contributed by atoms with Crippen molar-refractivity contribution in [2.75, 3.05) is 0 Å². The second-order valence-corrected chi connectivity index (χ2v) is 4.16. The zero-order chi connectivity index (χ0) is 10.8. The maximum absolute atomic E-state index is 4.99. The van der Waals surface area contributed by atoms with Gasteiger partial charge in [-0.15, -0.1) is 0 Å². The molecule has 6 heteroatoms. The van der Waals surface area contributed by atoms with Crippen molar-refractivity contribution >= 4 is 47.7 Å². The molecule has 6 radical (unpaired) electrons. The Kier molecular flexibility index (Phi) is 3.08. The molecule has 0 saturated carbocycles. The molecule has 0 bridgehead atoms. The number of hydrogen-bond donors (Lipinski definition) is 0. The van der Waals surface area contributed by atoms with Gasteiger partial charge in [0.25, 0.3) is 0 Å². The molecule has 0 aliphatic heterocycles. The van der Waals surface area contributed by atoms with Crippen LogP contribution in [0.1, 0.15) is 0 Å². The first kappa shape index (κ1) is 10.7. The van der Waals surface area contributed by atoms with Crippen LogP contribution in [-0.4, -0.2) is 26.0 Å². The largest absolute Gasteiger partial charge is 0.527 e. The van der Waals surface area contributed by atoms with E-state index in [9.17, 15) is 0 Å². The van der Waals surface area contributed by atoms with Crippen LogP contribution in [0.3, 0.4) is 0 Å². The Hall–Kier alpha value is -0.856. The molecular weight excluding hydrogens is 290 g/mol. The van der Waals surface area contributed by atoms with E-state index in [0.717, 1.165) is 15.2 Å². The van der Waals surface area contributed by atoms with Gasteiger partial charge in [0.15, 0.2) is 0 Å². The van der Waals surface area contributed by atoms with Crippen LogP contribution in [0.2, 0.25) is 0 Å². The minimum absolute atomic E-state index is 0.436. The van der Waals surface area contributed by atoms with Gasteiger partial charge in [-0.2, -0.15) is 4.98 Å². The van der Waals surface area contributed by atoms with Gasteiger partial charge in [0.2, 0.25) is 11.8 Å². The van der Waals surface area contributed by atoms with E-state index in [-0.39, 0.29) is 0 Å². The normalized spacial score (nSPS) is 10.3. The summed E-state index contributed by atoms with van der Waals surface area (Å²) in [7, 11) is 5.89. The van der Waals surface area contributed by atoms with E-state index in [1.807, 2.05) is 24.3 Å². The zero-order valence-electron chi connectivity index (χ0n) is 7.45. The van der Waals surface area contributed by atoms with Gasteiger partial charge in [-0.3, -0.25) is 0 Å². The number of nitrogens with zero attached hydrogens (tertiary/aromatic N) is 1. The van der Waals surface area contributed by atoms with Crippen molar-refractivity contribution in [2.45, 2.75) is 0 Å². The number of hydrogen-bond acceptors (Lipinski definition) is 3. The van der Waals surface area contributed by atoms with Gasteiger partial charge >= 0.3 is 21.0 Å². The second kappa shape index (κ2) is 4.34. The monoisotopic (exact) mass is 293 g/mol. The average molecular weight is 294 g/mol. The van der Waals surface area contributed by atoms with Crippen molar-refractivity contribution in [3.8, 4) is 11.8 Å². The highest BCUT2D eigenvalue weighted by atomic mass is 79.9. The van der Waals surface area contributed by atoms with Crippen molar-refractivity contribution in [3.63, 3.8) is 0 Å². The molecule has 0 aliphatic carbocycles. The van der Waals surface area contributed by atoms with Gasteiger partial charge in [0.1, 0.15) is 0 Å². The first-order valence-corrected chi connectivity index (χ1v) is 5.63. The van der Waals surface area contributed by atoms with Gasteiger partial charge in [0, 0.05) is 15.9 Å². The van der Waals surface area contributed by atoms with Gasteiger partial charge in [0.05, 0.1) is 0 Å². The second-order valence-electron chi connectivity index (χ2n) is 2.84. The number of fused-ring (bicyclic) bond motifs is 1. The summed E-state index contributed by atoms with van der Waals surface area (Å²) >= 11 is 3.40. The first-order chi connectivity index (χ1) is 7.24. The van der Waals surface area contributed by atoms with Gasteiger partial charge in [-0.1, -0.05) is 15.9 Å². The van der Waals surface area contributed by atoms with Crippen molar-refractivity contribution in [2.24, 2.45) is 0 Å². The van der Waals surface area contributed by atoms with Crippen molar-refractivity contribution in [3.05, 3.63) is 28.7 Å². The van der Waals surface area contributed by atoms with Crippen LogP contribution in [0.25, 0.3) is 10.8 Å². The summed E-state index contributed by atoms with van der Waals surface area (Å²) in [6.45, 7) is 0. The Morgan fingerprint density at radius 1 is 1.13 bits per heavy atom. The van der Waals surface area contributed by atoms with Gasteiger partial charge in [-0.05, 0) is 23.6 Å². The Bertz CT molecular complexity index is 507. The molecule has 15 heavy (non-hydrogen) atoms. The summed E-state index contributed by atoms with van der Waals surface area (Å²) in [5, 5.41) is 1.88. The highest BCUT2D eigenvalue weighted by molar-refractivity contribution is 9.10.